The van der Waals surface area contributed by atoms with Crippen molar-refractivity contribution >= 4 is 5.91 Å². The molecule has 33 heavy (non-hydrogen) atoms. The van der Waals surface area contributed by atoms with Crippen LogP contribution in [0.4, 0.5) is 0 Å². The summed E-state index contributed by atoms with van der Waals surface area (Å²) in [5.74, 6) is 2.39. The molecule has 0 saturated carbocycles. The molecular formula is C26H29NO6. The number of hydrogen-bond acceptors (Lipinski definition) is 6. The predicted octanol–water partition coefficient (Wildman–Crippen LogP) is 4.27. The zero-order valence-electron chi connectivity index (χ0n) is 19.3. The maximum Gasteiger partial charge on any atom is 0.251 e. The second kappa shape index (κ2) is 11.7. The fraction of sp³-hybridized carbons (Fsp3) is 0.269. The lowest BCUT2D eigenvalue weighted by atomic mass is 10.1. The number of nitrogens with one attached hydrogen (secondary N) is 1. The zero-order chi connectivity index (χ0) is 23.6. The van der Waals surface area contributed by atoms with Crippen LogP contribution in [-0.4, -0.2) is 40.9 Å². The molecule has 0 aliphatic heterocycles. The molecule has 1 N–H and O–H groups in total. The monoisotopic (exact) mass is 451 g/mol. The van der Waals surface area contributed by atoms with Crippen LogP contribution in [0.2, 0.25) is 0 Å². The lowest BCUT2D eigenvalue weighted by Gasteiger charge is -2.16. The molecule has 1 amide bonds. The van der Waals surface area contributed by atoms with E-state index in [-0.39, 0.29) is 5.91 Å². The van der Waals surface area contributed by atoms with Gasteiger partial charge in [-0.1, -0.05) is 36.4 Å². The largest absolute Gasteiger partial charge is 0.493 e. The summed E-state index contributed by atoms with van der Waals surface area (Å²) in [7, 11) is 6.25. The molecule has 0 saturated heterocycles. The Morgan fingerprint density at radius 3 is 1.97 bits per heavy atom. The number of methoxy groups -OCH3 is 4. The van der Waals surface area contributed by atoms with Crippen LogP contribution >= 0.6 is 0 Å². The van der Waals surface area contributed by atoms with Gasteiger partial charge in [0.2, 0.25) is 5.75 Å². The minimum atomic E-state index is -0.235. The van der Waals surface area contributed by atoms with Crippen molar-refractivity contribution in [3.8, 4) is 28.7 Å². The van der Waals surface area contributed by atoms with Crippen molar-refractivity contribution in [2.75, 3.05) is 35.0 Å². The van der Waals surface area contributed by atoms with Gasteiger partial charge in [-0.15, -0.1) is 0 Å². The van der Waals surface area contributed by atoms with E-state index < -0.39 is 0 Å². The van der Waals surface area contributed by atoms with Gasteiger partial charge in [-0.2, -0.15) is 0 Å². The summed E-state index contributed by atoms with van der Waals surface area (Å²) in [6.07, 6.45) is 0.638. The molecule has 0 atom stereocenters. The van der Waals surface area contributed by atoms with Crippen molar-refractivity contribution in [2.45, 2.75) is 13.0 Å². The average molecular weight is 452 g/mol. The van der Waals surface area contributed by atoms with Gasteiger partial charge in [0.25, 0.3) is 5.91 Å². The summed E-state index contributed by atoms with van der Waals surface area (Å²) in [4.78, 5) is 12.8. The third kappa shape index (κ3) is 6.10. The first-order valence-corrected chi connectivity index (χ1v) is 10.5. The summed E-state index contributed by atoms with van der Waals surface area (Å²) in [5, 5.41) is 2.93. The van der Waals surface area contributed by atoms with E-state index in [1.807, 2.05) is 48.5 Å². The van der Waals surface area contributed by atoms with Crippen molar-refractivity contribution in [2.24, 2.45) is 0 Å². The highest BCUT2D eigenvalue weighted by molar-refractivity contribution is 5.95. The molecule has 0 aliphatic rings. The normalized spacial score (nSPS) is 10.3. The predicted molar refractivity (Wildman–Crippen MR) is 126 cm³/mol. The van der Waals surface area contributed by atoms with Crippen molar-refractivity contribution in [3.63, 3.8) is 0 Å². The molecule has 0 unspecified atom stereocenters. The lowest BCUT2D eigenvalue weighted by molar-refractivity contribution is 0.0953. The maximum atomic E-state index is 12.8. The van der Waals surface area contributed by atoms with Crippen LogP contribution in [-0.2, 0) is 13.0 Å². The molecule has 174 valence electrons. The topological polar surface area (TPSA) is 75.3 Å². The van der Waals surface area contributed by atoms with E-state index in [0.717, 1.165) is 11.1 Å². The Morgan fingerprint density at radius 1 is 0.727 bits per heavy atom. The first-order chi connectivity index (χ1) is 16.1. The van der Waals surface area contributed by atoms with Gasteiger partial charge in [-0.3, -0.25) is 4.79 Å². The van der Waals surface area contributed by atoms with Crippen LogP contribution in [0.15, 0.2) is 60.7 Å². The molecule has 0 fully saturated rings. The Labute approximate surface area is 194 Å². The van der Waals surface area contributed by atoms with Crippen molar-refractivity contribution in [1.29, 1.82) is 0 Å². The summed E-state index contributed by atoms with van der Waals surface area (Å²) >= 11 is 0. The van der Waals surface area contributed by atoms with Gasteiger partial charge in [-0.25, -0.2) is 0 Å². The van der Waals surface area contributed by atoms with E-state index in [9.17, 15) is 4.79 Å². The Balaban J connectivity index is 1.67. The smallest absolute Gasteiger partial charge is 0.251 e. The van der Waals surface area contributed by atoms with Gasteiger partial charge < -0.3 is 29.0 Å². The number of carbonyl (C=O) groups is 1. The molecule has 0 aromatic heterocycles. The fourth-order valence-corrected chi connectivity index (χ4v) is 3.34. The molecule has 3 rings (SSSR count). The van der Waals surface area contributed by atoms with Crippen LogP contribution in [0.3, 0.4) is 0 Å². The Hall–Kier alpha value is -3.87. The molecule has 0 radical (unpaired) electrons. The van der Waals surface area contributed by atoms with Gasteiger partial charge in [-0.05, 0) is 41.8 Å². The molecule has 0 aliphatic carbocycles. The van der Waals surface area contributed by atoms with Crippen molar-refractivity contribution in [3.05, 3.63) is 77.4 Å². The third-order valence-electron chi connectivity index (χ3n) is 5.10. The first kappa shape index (κ1) is 23.8. The minimum Gasteiger partial charge on any atom is -0.493 e. The standard InChI is InChI=1S/C26H29NO6/c1-29-21-11-10-18(14-22(21)30-2)12-13-27-26(28)20-15-23(31-3)25(24(16-20)32-4)33-17-19-8-6-5-7-9-19/h5-11,14-16H,12-13,17H2,1-4H3,(H,27,28). The second-order valence-electron chi connectivity index (χ2n) is 7.18. The van der Waals surface area contributed by atoms with E-state index in [1.165, 1.54) is 14.2 Å². The van der Waals surface area contributed by atoms with Crippen molar-refractivity contribution < 1.29 is 28.5 Å². The van der Waals surface area contributed by atoms with Crippen molar-refractivity contribution in [1.82, 2.24) is 5.32 Å². The number of hydrogen-bond donors (Lipinski definition) is 1. The van der Waals surface area contributed by atoms with Crippen LogP contribution in [0, 0.1) is 0 Å². The Kier molecular flexibility index (Phi) is 8.41. The number of carbonyl (C=O) groups excluding carboxylic acids is 1. The number of benzene rings is 3. The highest BCUT2D eigenvalue weighted by Crippen LogP contribution is 2.39. The quantitative estimate of drug-likeness (QED) is 0.469. The number of ether oxygens (including phenoxy) is 5. The summed E-state index contributed by atoms with van der Waals surface area (Å²) in [5.41, 5.74) is 2.45. The summed E-state index contributed by atoms with van der Waals surface area (Å²) < 4.78 is 27.5. The third-order valence-corrected chi connectivity index (χ3v) is 5.10. The number of amides is 1. The van der Waals surface area contributed by atoms with E-state index >= 15 is 0 Å². The van der Waals surface area contributed by atoms with Gasteiger partial charge in [0, 0.05) is 12.1 Å². The molecule has 7 heteroatoms. The van der Waals surface area contributed by atoms with Gasteiger partial charge >= 0.3 is 0 Å². The highest BCUT2D eigenvalue weighted by atomic mass is 16.5. The minimum absolute atomic E-state index is 0.235. The van der Waals surface area contributed by atoms with Gasteiger partial charge in [0.05, 0.1) is 28.4 Å². The van der Waals surface area contributed by atoms with Gasteiger partial charge in [0.15, 0.2) is 23.0 Å². The second-order valence-corrected chi connectivity index (χ2v) is 7.18. The molecule has 3 aromatic carbocycles. The van der Waals surface area contributed by atoms with Gasteiger partial charge in [0.1, 0.15) is 6.61 Å². The molecule has 0 bridgehead atoms. The summed E-state index contributed by atoms with van der Waals surface area (Å²) in [6, 6.07) is 18.8. The van der Waals surface area contributed by atoms with E-state index in [4.69, 9.17) is 23.7 Å². The fourth-order valence-electron chi connectivity index (χ4n) is 3.34. The lowest BCUT2D eigenvalue weighted by Crippen LogP contribution is -2.25. The Bertz CT molecular complexity index is 1040. The molecule has 7 nitrogen and oxygen atoms in total. The Morgan fingerprint density at radius 2 is 1.36 bits per heavy atom. The number of rotatable bonds is 11. The van der Waals surface area contributed by atoms with Crippen LogP contribution in [0.5, 0.6) is 28.7 Å². The molecule has 0 spiro atoms. The van der Waals surface area contributed by atoms with E-state index in [2.05, 4.69) is 5.32 Å². The first-order valence-electron chi connectivity index (χ1n) is 10.5. The van der Waals surface area contributed by atoms with Crippen LogP contribution in [0.25, 0.3) is 0 Å². The highest BCUT2D eigenvalue weighted by Gasteiger charge is 2.18. The van der Waals surface area contributed by atoms with Crippen LogP contribution in [0.1, 0.15) is 21.5 Å². The van der Waals surface area contributed by atoms with Crippen LogP contribution < -0.4 is 29.0 Å². The molecule has 3 aromatic rings. The average Bonchev–Trinajstić information content (AvgIpc) is 2.87. The van der Waals surface area contributed by atoms with E-state index in [1.54, 1.807) is 26.4 Å². The zero-order valence-corrected chi connectivity index (χ0v) is 19.3. The summed E-state index contributed by atoms with van der Waals surface area (Å²) in [6.45, 7) is 0.801. The molecule has 0 heterocycles. The van der Waals surface area contributed by atoms with E-state index in [0.29, 0.717) is 53.9 Å². The molecular weight excluding hydrogens is 422 g/mol. The maximum absolute atomic E-state index is 12.8. The SMILES string of the molecule is COc1ccc(CCNC(=O)c2cc(OC)c(OCc3ccccc3)c(OC)c2)cc1OC.